The van der Waals surface area contributed by atoms with E-state index in [2.05, 4.69) is 10.0 Å². The minimum absolute atomic E-state index is 0.00564. The van der Waals surface area contributed by atoms with E-state index >= 15 is 0 Å². The molecular weight excluding hydrogens is 284 g/mol. The zero-order valence-electron chi connectivity index (χ0n) is 11.2. The van der Waals surface area contributed by atoms with Gasteiger partial charge in [-0.2, -0.15) is 0 Å². The summed E-state index contributed by atoms with van der Waals surface area (Å²) in [5, 5.41) is 3.05. The maximum atomic E-state index is 12.3. The summed E-state index contributed by atoms with van der Waals surface area (Å²) >= 11 is 1.34. The van der Waals surface area contributed by atoms with Crippen molar-refractivity contribution in [3.63, 3.8) is 0 Å². The van der Waals surface area contributed by atoms with Crippen LogP contribution in [0.2, 0.25) is 0 Å². The molecule has 2 N–H and O–H groups in total. The fourth-order valence-electron chi connectivity index (χ4n) is 2.05. The smallest absolute Gasteiger partial charge is 0.250 e. The Labute approximate surface area is 118 Å². The Kier molecular flexibility index (Phi) is 4.97. The highest BCUT2D eigenvalue weighted by Crippen LogP contribution is 2.26. The topological polar surface area (TPSA) is 67.4 Å². The molecule has 1 aromatic heterocycles. The number of sulfonamides is 1. The molecule has 0 atom stereocenters. The van der Waals surface area contributed by atoms with Crippen molar-refractivity contribution in [3.8, 4) is 0 Å². The van der Waals surface area contributed by atoms with Gasteiger partial charge in [-0.15, -0.1) is 11.3 Å². The van der Waals surface area contributed by atoms with E-state index in [0.717, 1.165) is 23.3 Å². The van der Waals surface area contributed by atoms with Gasteiger partial charge in [-0.1, -0.05) is 0 Å². The lowest BCUT2D eigenvalue weighted by molar-refractivity contribution is 0.0832. The first-order valence-electron chi connectivity index (χ1n) is 6.37. The summed E-state index contributed by atoms with van der Waals surface area (Å²) < 4.78 is 33.0. The maximum Gasteiger partial charge on any atom is 0.250 e. The molecule has 7 heteroatoms. The van der Waals surface area contributed by atoms with Gasteiger partial charge in [0.05, 0.1) is 0 Å². The zero-order chi connectivity index (χ0) is 13.9. The Morgan fingerprint density at radius 2 is 2.11 bits per heavy atom. The summed E-state index contributed by atoms with van der Waals surface area (Å²) in [6.07, 6.45) is 1.49. The number of thiophene rings is 1. The summed E-state index contributed by atoms with van der Waals surface area (Å²) in [6.45, 7) is 3.89. The molecule has 0 bridgehead atoms. The van der Waals surface area contributed by atoms with Crippen LogP contribution in [0.5, 0.6) is 0 Å². The normalized spacial score (nSPS) is 17.8. The lowest BCUT2D eigenvalue weighted by Crippen LogP contribution is -2.38. The summed E-state index contributed by atoms with van der Waals surface area (Å²) in [5.41, 5.74) is 1.02. The lowest BCUT2D eigenvalue weighted by atomic mass is 10.1. The molecule has 1 aliphatic heterocycles. The van der Waals surface area contributed by atoms with Crippen molar-refractivity contribution < 1.29 is 13.2 Å². The van der Waals surface area contributed by atoms with Crippen LogP contribution in [0.1, 0.15) is 23.3 Å². The second-order valence-electron chi connectivity index (χ2n) is 4.71. The van der Waals surface area contributed by atoms with Gasteiger partial charge in [0.2, 0.25) is 10.0 Å². The van der Waals surface area contributed by atoms with Crippen LogP contribution < -0.4 is 10.0 Å². The number of aryl methyl sites for hydroxylation is 1. The third-order valence-corrected chi connectivity index (χ3v) is 6.37. The Balaban J connectivity index is 2.12. The molecule has 0 aromatic carbocycles. The number of rotatable bonds is 5. The Hall–Kier alpha value is -0.470. The van der Waals surface area contributed by atoms with Gasteiger partial charge in [0, 0.05) is 30.7 Å². The predicted molar refractivity (Wildman–Crippen MR) is 76.0 cm³/mol. The summed E-state index contributed by atoms with van der Waals surface area (Å²) in [7, 11) is -1.54. The van der Waals surface area contributed by atoms with E-state index in [1.54, 1.807) is 6.07 Å². The predicted octanol–water partition coefficient (Wildman–Crippen LogP) is 1.23. The van der Waals surface area contributed by atoms with E-state index in [0.29, 0.717) is 24.0 Å². The minimum Gasteiger partial charge on any atom is -0.381 e. The summed E-state index contributed by atoms with van der Waals surface area (Å²) in [4.78, 5) is 1.06. The monoisotopic (exact) mass is 304 g/mol. The van der Waals surface area contributed by atoms with E-state index in [1.165, 1.54) is 11.3 Å². The van der Waals surface area contributed by atoms with E-state index in [9.17, 15) is 8.42 Å². The second-order valence-corrected chi connectivity index (χ2v) is 7.79. The van der Waals surface area contributed by atoms with Crippen LogP contribution in [0.15, 0.2) is 10.3 Å². The minimum atomic E-state index is -3.39. The maximum absolute atomic E-state index is 12.3. The molecule has 108 valence electrons. The van der Waals surface area contributed by atoms with Gasteiger partial charge in [0.25, 0.3) is 0 Å². The van der Waals surface area contributed by atoms with Gasteiger partial charge in [-0.3, -0.25) is 0 Å². The zero-order valence-corrected chi connectivity index (χ0v) is 12.9. The molecule has 0 unspecified atom stereocenters. The molecule has 0 radical (unpaired) electrons. The van der Waals surface area contributed by atoms with E-state index < -0.39 is 10.0 Å². The van der Waals surface area contributed by atoms with Crippen molar-refractivity contribution in [2.24, 2.45) is 0 Å². The number of nitrogens with one attached hydrogen (secondary N) is 2. The first kappa shape index (κ1) is 14.9. The summed E-state index contributed by atoms with van der Waals surface area (Å²) in [5.74, 6) is 0. The van der Waals surface area contributed by atoms with Gasteiger partial charge in [-0.05, 0) is 38.4 Å². The number of hydrogen-bond acceptors (Lipinski definition) is 5. The fourth-order valence-corrected chi connectivity index (χ4v) is 4.97. The Bertz CT molecular complexity index is 519. The second kappa shape index (κ2) is 6.32. The highest BCUT2D eigenvalue weighted by atomic mass is 32.2. The molecule has 1 fully saturated rings. The third-order valence-electron chi connectivity index (χ3n) is 3.14. The van der Waals surface area contributed by atoms with Crippen LogP contribution in [0.4, 0.5) is 0 Å². The van der Waals surface area contributed by atoms with Crippen LogP contribution in [-0.2, 0) is 21.3 Å². The quantitative estimate of drug-likeness (QED) is 0.859. The van der Waals surface area contributed by atoms with Crippen molar-refractivity contribution in [3.05, 3.63) is 16.5 Å². The third kappa shape index (κ3) is 3.76. The van der Waals surface area contributed by atoms with Crippen LogP contribution in [0.25, 0.3) is 0 Å². The molecule has 0 aliphatic carbocycles. The van der Waals surface area contributed by atoms with Crippen LogP contribution in [0, 0.1) is 6.92 Å². The Morgan fingerprint density at radius 1 is 1.42 bits per heavy atom. The highest BCUT2D eigenvalue weighted by molar-refractivity contribution is 7.91. The molecule has 2 heterocycles. The van der Waals surface area contributed by atoms with E-state index in [-0.39, 0.29) is 6.04 Å². The van der Waals surface area contributed by atoms with Gasteiger partial charge in [-0.25, -0.2) is 13.1 Å². The average Bonchev–Trinajstić information content (AvgIpc) is 2.73. The van der Waals surface area contributed by atoms with Crippen molar-refractivity contribution in [1.82, 2.24) is 10.0 Å². The fraction of sp³-hybridized carbons (Fsp3) is 0.667. The SMILES string of the molecule is CNCc1sc(S(=O)(=O)NC2CCOCC2)cc1C. The molecule has 1 saturated heterocycles. The first-order valence-corrected chi connectivity index (χ1v) is 8.67. The number of ether oxygens (including phenoxy) is 1. The van der Waals surface area contributed by atoms with Crippen LogP contribution in [-0.4, -0.2) is 34.7 Å². The van der Waals surface area contributed by atoms with Crippen molar-refractivity contribution in [2.45, 2.75) is 36.6 Å². The average molecular weight is 304 g/mol. The first-order chi connectivity index (χ1) is 9.03. The van der Waals surface area contributed by atoms with Gasteiger partial charge >= 0.3 is 0 Å². The highest BCUT2D eigenvalue weighted by Gasteiger charge is 2.24. The van der Waals surface area contributed by atoms with Crippen LogP contribution >= 0.6 is 11.3 Å². The van der Waals surface area contributed by atoms with Crippen molar-refractivity contribution in [2.75, 3.05) is 20.3 Å². The molecule has 2 rings (SSSR count). The standard InChI is InChI=1S/C12H20N2O3S2/c1-9-7-12(18-11(9)8-13-2)19(15,16)14-10-3-5-17-6-4-10/h7,10,13-14H,3-6,8H2,1-2H3. The summed E-state index contributed by atoms with van der Waals surface area (Å²) in [6, 6.07) is 1.74. The number of hydrogen-bond donors (Lipinski definition) is 2. The molecular formula is C12H20N2O3S2. The van der Waals surface area contributed by atoms with Gasteiger partial charge < -0.3 is 10.1 Å². The lowest BCUT2D eigenvalue weighted by Gasteiger charge is -2.22. The molecule has 0 spiro atoms. The molecule has 19 heavy (non-hydrogen) atoms. The van der Waals surface area contributed by atoms with Crippen molar-refractivity contribution in [1.29, 1.82) is 0 Å². The van der Waals surface area contributed by atoms with Crippen molar-refractivity contribution >= 4 is 21.4 Å². The van der Waals surface area contributed by atoms with Crippen LogP contribution in [0.3, 0.4) is 0 Å². The largest absolute Gasteiger partial charge is 0.381 e. The molecule has 1 aromatic rings. The molecule has 5 nitrogen and oxygen atoms in total. The van der Waals surface area contributed by atoms with E-state index in [1.807, 2.05) is 14.0 Å². The molecule has 1 aliphatic rings. The Morgan fingerprint density at radius 3 is 2.74 bits per heavy atom. The van der Waals surface area contributed by atoms with Gasteiger partial charge in [0.15, 0.2) is 0 Å². The van der Waals surface area contributed by atoms with E-state index in [4.69, 9.17) is 4.74 Å². The molecule has 0 amide bonds. The van der Waals surface area contributed by atoms with Gasteiger partial charge in [0.1, 0.15) is 4.21 Å². The molecule has 0 saturated carbocycles.